The van der Waals surface area contributed by atoms with Gasteiger partial charge in [0.05, 0.1) is 11.3 Å². The zero-order valence-electron chi connectivity index (χ0n) is 8.88. The number of ketones is 1. The molecule has 0 fully saturated rings. The summed E-state index contributed by atoms with van der Waals surface area (Å²) in [4.78, 5) is 11.7. The Bertz CT molecular complexity index is 337. The number of carbonyl (C=O) groups is 1. The standard InChI is InChI=1S/C10H16N2O/c1-6(2)10(13)9-7(3)11-12(5)8(9)4/h6H,1-5H3. The third kappa shape index (κ3) is 1.64. The van der Waals surface area contributed by atoms with Crippen molar-refractivity contribution in [2.75, 3.05) is 0 Å². The molecule has 1 heterocycles. The number of rotatable bonds is 2. The third-order valence-electron chi connectivity index (χ3n) is 2.28. The molecular weight excluding hydrogens is 164 g/mol. The van der Waals surface area contributed by atoms with Gasteiger partial charge in [-0.1, -0.05) is 13.8 Å². The highest BCUT2D eigenvalue weighted by molar-refractivity contribution is 5.99. The Morgan fingerprint density at radius 2 is 1.92 bits per heavy atom. The Balaban J connectivity index is 3.21. The van der Waals surface area contributed by atoms with Gasteiger partial charge in [0.15, 0.2) is 5.78 Å². The maximum Gasteiger partial charge on any atom is 0.169 e. The molecule has 0 N–H and O–H groups in total. The molecule has 0 amide bonds. The topological polar surface area (TPSA) is 34.9 Å². The Morgan fingerprint density at radius 1 is 1.38 bits per heavy atom. The van der Waals surface area contributed by atoms with E-state index < -0.39 is 0 Å². The van der Waals surface area contributed by atoms with Gasteiger partial charge in [0, 0.05) is 18.7 Å². The molecule has 1 aromatic rings. The van der Waals surface area contributed by atoms with Crippen molar-refractivity contribution in [3.63, 3.8) is 0 Å². The van der Waals surface area contributed by atoms with E-state index in [1.165, 1.54) is 0 Å². The molecule has 3 heteroatoms. The highest BCUT2D eigenvalue weighted by Crippen LogP contribution is 2.16. The second kappa shape index (κ2) is 3.32. The molecule has 0 bridgehead atoms. The van der Waals surface area contributed by atoms with E-state index in [0.29, 0.717) is 0 Å². The fourth-order valence-corrected chi connectivity index (χ4v) is 1.42. The summed E-state index contributed by atoms with van der Waals surface area (Å²) in [5, 5.41) is 4.21. The van der Waals surface area contributed by atoms with Crippen LogP contribution in [0.15, 0.2) is 0 Å². The van der Waals surface area contributed by atoms with Crippen LogP contribution in [-0.2, 0) is 7.05 Å². The van der Waals surface area contributed by atoms with Gasteiger partial charge in [0.25, 0.3) is 0 Å². The summed E-state index contributed by atoms with van der Waals surface area (Å²) in [5.41, 5.74) is 2.58. The molecule has 3 nitrogen and oxygen atoms in total. The van der Waals surface area contributed by atoms with E-state index in [1.807, 2.05) is 34.7 Å². The van der Waals surface area contributed by atoms with E-state index in [-0.39, 0.29) is 11.7 Å². The van der Waals surface area contributed by atoms with E-state index >= 15 is 0 Å². The summed E-state index contributed by atoms with van der Waals surface area (Å²) in [6.07, 6.45) is 0. The first-order valence-corrected chi connectivity index (χ1v) is 4.49. The molecule has 0 radical (unpaired) electrons. The zero-order chi connectivity index (χ0) is 10.2. The lowest BCUT2D eigenvalue weighted by Gasteiger charge is -2.03. The van der Waals surface area contributed by atoms with Gasteiger partial charge in [-0.2, -0.15) is 5.10 Å². The maximum atomic E-state index is 11.7. The summed E-state index contributed by atoms with van der Waals surface area (Å²) < 4.78 is 1.75. The monoisotopic (exact) mass is 180 g/mol. The van der Waals surface area contributed by atoms with Gasteiger partial charge in [-0.3, -0.25) is 9.48 Å². The number of Topliss-reactive ketones (excluding diaryl/α,β-unsaturated/α-hetero) is 1. The van der Waals surface area contributed by atoms with Crippen LogP contribution in [0, 0.1) is 19.8 Å². The van der Waals surface area contributed by atoms with Gasteiger partial charge in [-0.25, -0.2) is 0 Å². The number of hydrogen-bond donors (Lipinski definition) is 0. The van der Waals surface area contributed by atoms with Gasteiger partial charge in [0.2, 0.25) is 0 Å². The SMILES string of the molecule is Cc1nn(C)c(C)c1C(=O)C(C)C. The summed E-state index contributed by atoms with van der Waals surface area (Å²) in [5.74, 6) is 0.227. The van der Waals surface area contributed by atoms with Crippen LogP contribution in [0.5, 0.6) is 0 Å². The Kier molecular flexibility index (Phi) is 2.55. The third-order valence-corrected chi connectivity index (χ3v) is 2.28. The van der Waals surface area contributed by atoms with Crippen molar-refractivity contribution in [1.82, 2.24) is 9.78 Å². The molecule has 0 spiro atoms. The highest BCUT2D eigenvalue weighted by atomic mass is 16.1. The molecule has 72 valence electrons. The van der Waals surface area contributed by atoms with Crippen LogP contribution in [0.2, 0.25) is 0 Å². The van der Waals surface area contributed by atoms with E-state index in [9.17, 15) is 4.79 Å². The second-order valence-corrected chi connectivity index (χ2v) is 3.69. The lowest BCUT2D eigenvalue weighted by atomic mass is 10.00. The van der Waals surface area contributed by atoms with Crippen molar-refractivity contribution in [3.05, 3.63) is 17.0 Å². The van der Waals surface area contributed by atoms with Gasteiger partial charge >= 0.3 is 0 Å². The normalized spacial score (nSPS) is 10.9. The predicted molar refractivity (Wildman–Crippen MR) is 51.9 cm³/mol. The predicted octanol–water partition coefficient (Wildman–Crippen LogP) is 1.88. The van der Waals surface area contributed by atoms with Crippen molar-refractivity contribution in [2.45, 2.75) is 27.7 Å². The van der Waals surface area contributed by atoms with Crippen molar-refractivity contribution < 1.29 is 4.79 Å². The van der Waals surface area contributed by atoms with Gasteiger partial charge in [0.1, 0.15) is 0 Å². The summed E-state index contributed by atoms with van der Waals surface area (Å²) >= 11 is 0. The smallest absolute Gasteiger partial charge is 0.169 e. The fraction of sp³-hybridized carbons (Fsp3) is 0.600. The Labute approximate surface area is 78.8 Å². The van der Waals surface area contributed by atoms with E-state index in [0.717, 1.165) is 17.0 Å². The molecule has 0 saturated carbocycles. The van der Waals surface area contributed by atoms with E-state index in [2.05, 4.69) is 5.10 Å². The van der Waals surface area contributed by atoms with Crippen LogP contribution in [0.4, 0.5) is 0 Å². The first kappa shape index (κ1) is 9.96. The molecule has 0 aliphatic rings. The van der Waals surface area contributed by atoms with E-state index in [4.69, 9.17) is 0 Å². The minimum Gasteiger partial charge on any atom is -0.294 e. The van der Waals surface area contributed by atoms with Crippen molar-refractivity contribution in [2.24, 2.45) is 13.0 Å². The van der Waals surface area contributed by atoms with Gasteiger partial charge < -0.3 is 0 Å². The lowest BCUT2D eigenvalue weighted by Crippen LogP contribution is -2.09. The van der Waals surface area contributed by atoms with Crippen molar-refractivity contribution >= 4 is 5.78 Å². The lowest BCUT2D eigenvalue weighted by molar-refractivity contribution is 0.0938. The molecule has 0 aromatic carbocycles. The molecular formula is C10H16N2O. The Morgan fingerprint density at radius 3 is 2.23 bits per heavy atom. The largest absolute Gasteiger partial charge is 0.294 e. The average Bonchev–Trinajstić information content (AvgIpc) is 2.26. The van der Waals surface area contributed by atoms with Crippen LogP contribution in [0.3, 0.4) is 0 Å². The highest BCUT2D eigenvalue weighted by Gasteiger charge is 2.19. The molecule has 0 atom stereocenters. The fourth-order valence-electron chi connectivity index (χ4n) is 1.42. The van der Waals surface area contributed by atoms with Gasteiger partial charge in [-0.05, 0) is 13.8 Å². The van der Waals surface area contributed by atoms with Crippen LogP contribution in [0.1, 0.15) is 35.6 Å². The van der Waals surface area contributed by atoms with Crippen molar-refractivity contribution in [1.29, 1.82) is 0 Å². The second-order valence-electron chi connectivity index (χ2n) is 3.69. The van der Waals surface area contributed by atoms with Crippen LogP contribution in [-0.4, -0.2) is 15.6 Å². The van der Waals surface area contributed by atoms with Crippen LogP contribution in [0.25, 0.3) is 0 Å². The molecule has 1 rings (SSSR count). The van der Waals surface area contributed by atoms with E-state index in [1.54, 1.807) is 4.68 Å². The van der Waals surface area contributed by atoms with Crippen LogP contribution >= 0.6 is 0 Å². The number of carbonyl (C=O) groups excluding carboxylic acids is 1. The quantitative estimate of drug-likeness (QED) is 0.651. The number of aryl methyl sites for hydroxylation is 2. The first-order valence-electron chi connectivity index (χ1n) is 4.49. The minimum atomic E-state index is 0.0431. The summed E-state index contributed by atoms with van der Waals surface area (Å²) in [6.45, 7) is 7.63. The molecule has 0 saturated heterocycles. The molecule has 1 aromatic heterocycles. The number of aromatic nitrogens is 2. The zero-order valence-corrected chi connectivity index (χ0v) is 8.88. The van der Waals surface area contributed by atoms with Crippen molar-refractivity contribution in [3.8, 4) is 0 Å². The summed E-state index contributed by atoms with van der Waals surface area (Å²) in [7, 11) is 1.86. The first-order chi connectivity index (χ1) is 5.95. The van der Waals surface area contributed by atoms with Gasteiger partial charge in [-0.15, -0.1) is 0 Å². The number of nitrogens with zero attached hydrogens (tertiary/aromatic N) is 2. The molecule has 13 heavy (non-hydrogen) atoms. The molecule has 0 unspecified atom stereocenters. The molecule has 0 aliphatic carbocycles. The average molecular weight is 180 g/mol. The number of hydrogen-bond acceptors (Lipinski definition) is 2. The summed E-state index contributed by atoms with van der Waals surface area (Å²) in [6, 6.07) is 0. The maximum absolute atomic E-state index is 11.7. The molecule has 0 aliphatic heterocycles. The minimum absolute atomic E-state index is 0.0431. The van der Waals surface area contributed by atoms with Crippen LogP contribution < -0.4 is 0 Å². The Hall–Kier alpha value is -1.12.